The molecule has 3 rings (SSSR count). The molecule has 0 fully saturated rings. The number of hydrogen-bond acceptors (Lipinski definition) is 3. The topological polar surface area (TPSA) is 56.7 Å². The van der Waals surface area contributed by atoms with E-state index in [9.17, 15) is 0 Å². The summed E-state index contributed by atoms with van der Waals surface area (Å²) in [6, 6.07) is 7.63. The Morgan fingerprint density at radius 3 is 2.89 bits per heavy atom. The highest BCUT2D eigenvalue weighted by molar-refractivity contribution is 9.10. The molecule has 19 heavy (non-hydrogen) atoms. The van der Waals surface area contributed by atoms with Crippen molar-refractivity contribution in [2.24, 2.45) is 0 Å². The molecule has 0 unspecified atom stereocenters. The van der Waals surface area contributed by atoms with Gasteiger partial charge in [0, 0.05) is 10.7 Å². The van der Waals surface area contributed by atoms with Gasteiger partial charge in [-0.3, -0.25) is 4.57 Å². The average molecular weight is 338 g/mol. The Hall–Kier alpha value is -1.59. The van der Waals surface area contributed by atoms with E-state index in [0.717, 1.165) is 21.2 Å². The number of nitrogens with two attached hydrogens (primary N) is 1. The molecule has 0 aliphatic heterocycles. The number of fused-ring (bicyclic) bond motifs is 1. The second-order valence-electron chi connectivity index (χ2n) is 4.26. The predicted octanol–water partition coefficient (Wildman–Crippen LogP) is 3.73. The number of aromatic nitrogens is 3. The van der Waals surface area contributed by atoms with Crippen molar-refractivity contribution < 1.29 is 0 Å². The van der Waals surface area contributed by atoms with Gasteiger partial charge in [0.2, 0.25) is 5.95 Å². The summed E-state index contributed by atoms with van der Waals surface area (Å²) in [6.45, 7) is 2.00. The second-order valence-corrected chi connectivity index (χ2v) is 5.58. The van der Waals surface area contributed by atoms with Gasteiger partial charge in [-0.05, 0) is 46.6 Å². The average Bonchev–Trinajstić information content (AvgIpc) is 2.67. The number of imidazole rings is 1. The molecular formula is C13H10BrClN4. The molecule has 3 aromatic rings. The summed E-state index contributed by atoms with van der Waals surface area (Å²) in [5.74, 6) is 0.369. The molecule has 2 heterocycles. The zero-order valence-electron chi connectivity index (χ0n) is 10.1. The fraction of sp³-hybridized carbons (Fsp3) is 0.0769. The molecule has 6 heteroatoms. The summed E-state index contributed by atoms with van der Waals surface area (Å²) in [6.07, 6.45) is 1.71. The van der Waals surface area contributed by atoms with Gasteiger partial charge in [-0.25, -0.2) is 9.97 Å². The van der Waals surface area contributed by atoms with Gasteiger partial charge in [-0.2, -0.15) is 0 Å². The number of anilines is 1. The monoisotopic (exact) mass is 336 g/mol. The van der Waals surface area contributed by atoms with Crippen LogP contribution < -0.4 is 5.73 Å². The van der Waals surface area contributed by atoms with E-state index in [1.807, 2.05) is 31.2 Å². The fourth-order valence-electron chi connectivity index (χ4n) is 1.99. The van der Waals surface area contributed by atoms with Gasteiger partial charge in [0.1, 0.15) is 5.52 Å². The van der Waals surface area contributed by atoms with Crippen molar-refractivity contribution in [2.75, 3.05) is 5.73 Å². The Kier molecular flexibility index (Phi) is 2.95. The molecule has 96 valence electrons. The van der Waals surface area contributed by atoms with Crippen LogP contribution in [0.1, 0.15) is 5.56 Å². The van der Waals surface area contributed by atoms with E-state index in [0.29, 0.717) is 16.6 Å². The molecular weight excluding hydrogens is 328 g/mol. The molecule has 0 amide bonds. The van der Waals surface area contributed by atoms with Gasteiger partial charge >= 0.3 is 0 Å². The lowest BCUT2D eigenvalue weighted by molar-refractivity contribution is 1.08. The van der Waals surface area contributed by atoms with Crippen molar-refractivity contribution in [1.29, 1.82) is 0 Å². The Bertz CT molecular complexity index is 782. The minimum Gasteiger partial charge on any atom is -0.369 e. The molecule has 0 atom stereocenters. The van der Waals surface area contributed by atoms with Crippen LogP contribution in [0.4, 0.5) is 5.95 Å². The lowest BCUT2D eigenvalue weighted by atomic mass is 10.2. The molecule has 0 bridgehead atoms. The van der Waals surface area contributed by atoms with Crippen LogP contribution in [0.5, 0.6) is 0 Å². The van der Waals surface area contributed by atoms with Gasteiger partial charge < -0.3 is 5.73 Å². The van der Waals surface area contributed by atoms with Crippen LogP contribution >= 0.6 is 27.5 Å². The zero-order valence-corrected chi connectivity index (χ0v) is 12.4. The lowest BCUT2D eigenvalue weighted by Gasteiger charge is -2.09. The van der Waals surface area contributed by atoms with E-state index in [1.54, 1.807) is 10.8 Å². The number of nitrogens with zero attached hydrogens (tertiary/aromatic N) is 3. The van der Waals surface area contributed by atoms with E-state index in [4.69, 9.17) is 17.3 Å². The fourth-order valence-corrected chi connectivity index (χ4v) is 2.51. The molecule has 0 aliphatic rings. The molecule has 1 aromatic carbocycles. The highest BCUT2D eigenvalue weighted by Gasteiger charge is 2.14. The van der Waals surface area contributed by atoms with E-state index < -0.39 is 0 Å². The van der Waals surface area contributed by atoms with Crippen LogP contribution in [0.3, 0.4) is 0 Å². The maximum atomic E-state index is 6.25. The maximum absolute atomic E-state index is 6.25. The summed E-state index contributed by atoms with van der Waals surface area (Å²) >= 11 is 9.62. The van der Waals surface area contributed by atoms with Crippen LogP contribution in [-0.2, 0) is 0 Å². The van der Waals surface area contributed by atoms with Crippen molar-refractivity contribution in [3.63, 3.8) is 0 Å². The molecule has 2 N–H and O–H groups in total. The van der Waals surface area contributed by atoms with Crippen molar-refractivity contribution in [2.45, 2.75) is 6.92 Å². The maximum Gasteiger partial charge on any atom is 0.207 e. The summed E-state index contributed by atoms with van der Waals surface area (Å²) in [7, 11) is 0. The number of rotatable bonds is 1. The molecule has 0 aliphatic carbocycles. The van der Waals surface area contributed by atoms with Gasteiger partial charge in [0.15, 0.2) is 5.65 Å². The summed E-state index contributed by atoms with van der Waals surface area (Å²) in [5, 5.41) is 0.612. The van der Waals surface area contributed by atoms with E-state index >= 15 is 0 Å². The van der Waals surface area contributed by atoms with Crippen molar-refractivity contribution >= 4 is 44.6 Å². The Labute approximate surface area is 123 Å². The predicted molar refractivity (Wildman–Crippen MR) is 80.7 cm³/mol. The van der Waals surface area contributed by atoms with Crippen LogP contribution in [-0.4, -0.2) is 14.5 Å². The molecule has 0 spiro atoms. The first-order chi connectivity index (χ1) is 9.06. The zero-order chi connectivity index (χ0) is 13.6. The molecule has 0 saturated carbocycles. The first-order valence-corrected chi connectivity index (χ1v) is 6.79. The first-order valence-electron chi connectivity index (χ1n) is 5.62. The number of aryl methyl sites for hydroxylation is 1. The van der Waals surface area contributed by atoms with Crippen molar-refractivity contribution in [3.05, 3.63) is 45.5 Å². The SMILES string of the molecule is Cc1ccc(Cl)c(-n2c(N)nc3cc(Br)cnc32)c1. The number of hydrogen-bond donors (Lipinski definition) is 1. The van der Waals surface area contributed by atoms with Gasteiger partial charge in [0.05, 0.1) is 10.7 Å². The number of nitrogen functional groups attached to an aromatic ring is 1. The molecule has 2 aromatic heterocycles. The number of benzene rings is 1. The summed E-state index contributed by atoms with van der Waals surface area (Å²) in [5.41, 5.74) is 9.29. The lowest BCUT2D eigenvalue weighted by Crippen LogP contribution is -2.02. The van der Waals surface area contributed by atoms with Crippen molar-refractivity contribution in [1.82, 2.24) is 14.5 Å². The number of pyridine rings is 1. The quantitative estimate of drug-likeness (QED) is 0.736. The van der Waals surface area contributed by atoms with Gasteiger partial charge in [-0.1, -0.05) is 17.7 Å². The van der Waals surface area contributed by atoms with Gasteiger partial charge in [-0.15, -0.1) is 0 Å². The summed E-state index contributed by atoms with van der Waals surface area (Å²) < 4.78 is 2.62. The van der Waals surface area contributed by atoms with E-state index in [1.165, 1.54) is 0 Å². The highest BCUT2D eigenvalue weighted by atomic mass is 79.9. The third-order valence-corrected chi connectivity index (χ3v) is 3.59. The highest BCUT2D eigenvalue weighted by Crippen LogP contribution is 2.28. The van der Waals surface area contributed by atoms with Crippen LogP contribution in [0.25, 0.3) is 16.9 Å². The third kappa shape index (κ3) is 2.09. The molecule has 0 radical (unpaired) electrons. The number of halogens is 2. The van der Waals surface area contributed by atoms with Crippen LogP contribution in [0, 0.1) is 6.92 Å². The standard InChI is InChI=1S/C13H10BrClN4/c1-7-2-3-9(15)11(4-7)19-12-10(18-13(19)16)5-8(14)6-17-12/h2-6H,1H3,(H2,16,18). The normalized spacial score (nSPS) is 11.1. The van der Waals surface area contributed by atoms with Crippen LogP contribution in [0.2, 0.25) is 5.02 Å². The van der Waals surface area contributed by atoms with Crippen molar-refractivity contribution in [3.8, 4) is 5.69 Å². The van der Waals surface area contributed by atoms with Gasteiger partial charge in [0.25, 0.3) is 0 Å². The molecule has 0 saturated heterocycles. The summed E-state index contributed by atoms with van der Waals surface area (Å²) in [4.78, 5) is 8.67. The van der Waals surface area contributed by atoms with Crippen LogP contribution in [0.15, 0.2) is 34.9 Å². The second kappa shape index (κ2) is 4.51. The first kappa shape index (κ1) is 12.4. The minimum absolute atomic E-state index is 0.369. The molecule has 4 nitrogen and oxygen atoms in total. The third-order valence-electron chi connectivity index (χ3n) is 2.83. The Morgan fingerprint density at radius 2 is 2.11 bits per heavy atom. The van der Waals surface area contributed by atoms with E-state index in [2.05, 4.69) is 25.9 Å². The largest absolute Gasteiger partial charge is 0.369 e. The Morgan fingerprint density at radius 1 is 1.32 bits per heavy atom. The van der Waals surface area contributed by atoms with E-state index in [-0.39, 0.29) is 0 Å². The minimum atomic E-state index is 0.369. The smallest absolute Gasteiger partial charge is 0.207 e. The Balaban J connectivity index is 2.36.